The molecule has 0 radical (unpaired) electrons. The summed E-state index contributed by atoms with van der Waals surface area (Å²) in [5.41, 5.74) is 15.6. The SMILES string of the molecule is CC(/C=C/C=C(C)/C=C/C(=O)O)=C\C=C\C=C(C)\C=C\C=C(C)\C=C\C(=O)O.CC(=C/C=C/C(C)=C/C=C/C=C(C)/C=C/C=C(C)/C=C/C(=O)O)/C=C/C(=O)O.COC(=O)/C=C/C(C)=C/C=C/C(C)=C/C=C/C=C(C)/C=C/C=C(C)/C=C/C(=O)O.COC(=O)/C=C/C(C)=C\C=C\C(C)=C\C=C\C=C(C)\C=C\C=C(C)\C=C\C(=O)O. The second-order valence-electron chi connectivity index (χ2n) is 24.7. The molecule has 0 bridgehead atoms. The first-order valence-corrected chi connectivity index (χ1v) is 35.7. The maximum atomic E-state index is 11.0. The summed E-state index contributed by atoms with van der Waals surface area (Å²) in [5.74, 6) is -6.50. The summed E-state index contributed by atoms with van der Waals surface area (Å²) in [4.78, 5) is 84.7. The van der Waals surface area contributed by atoms with E-state index in [9.17, 15) is 38.4 Å². The molecule has 0 unspecified atom stereocenters. The summed E-state index contributed by atoms with van der Waals surface area (Å²) in [7, 11) is 2.70. The molecule has 0 aliphatic rings. The summed E-state index contributed by atoms with van der Waals surface area (Å²) in [6.45, 7) is 30.7. The van der Waals surface area contributed by atoms with Gasteiger partial charge in [-0.05, 0) is 111 Å². The Bertz CT molecular complexity index is 3960. The molecule has 0 aliphatic carbocycles. The van der Waals surface area contributed by atoms with Crippen LogP contribution in [0.3, 0.4) is 0 Å². The van der Waals surface area contributed by atoms with Crippen molar-refractivity contribution in [1.29, 1.82) is 0 Å². The van der Waals surface area contributed by atoms with Crippen molar-refractivity contribution in [3.8, 4) is 0 Å². The first-order valence-electron chi connectivity index (χ1n) is 35.7. The van der Waals surface area contributed by atoms with Gasteiger partial charge in [-0.3, -0.25) is 0 Å². The second kappa shape index (κ2) is 71.0. The minimum atomic E-state index is -0.961. The van der Waals surface area contributed by atoms with Gasteiger partial charge in [0, 0.05) is 48.6 Å². The number of carboxylic acid groups (broad SMARTS) is 6. The van der Waals surface area contributed by atoms with E-state index in [0.717, 1.165) is 126 Å². The number of carbonyl (C=O) groups excluding carboxylic acids is 2. The van der Waals surface area contributed by atoms with Gasteiger partial charge < -0.3 is 40.1 Å². The monoisotopic (exact) mass is 1550 g/mol. The van der Waals surface area contributed by atoms with E-state index in [1.807, 2.05) is 354 Å². The molecule has 0 saturated carbocycles. The Hall–Kier alpha value is -13.6. The molecule has 0 aromatic carbocycles. The molecular formula is C98H116O16. The van der Waals surface area contributed by atoms with Crippen LogP contribution in [0.25, 0.3) is 0 Å². The lowest BCUT2D eigenvalue weighted by atomic mass is 10.2. The van der Waals surface area contributed by atoms with Crippen LogP contribution in [0.5, 0.6) is 0 Å². The molecule has 0 heterocycles. The average molecular weight is 1550 g/mol. The predicted molar refractivity (Wildman–Crippen MR) is 473 cm³/mol. The maximum Gasteiger partial charge on any atom is 0.330 e. The van der Waals surface area contributed by atoms with E-state index in [4.69, 9.17) is 30.6 Å². The number of allylic oxidation sites excluding steroid dienone is 64. The van der Waals surface area contributed by atoms with E-state index < -0.39 is 35.8 Å². The molecule has 0 spiro atoms. The molecule has 114 heavy (non-hydrogen) atoms. The van der Waals surface area contributed by atoms with Crippen LogP contribution in [0.2, 0.25) is 0 Å². The molecule has 0 aromatic rings. The molecule has 6 N–H and O–H groups in total. The third kappa shape index (κ3) is 82.5. The fourth-order valence-electron chi connectivity index (χ4n) is 7.11. The normalized spacial score (nSPS) is 15.0. The molecular weight excluding hydrogens is 1430 g/mol. The van der Waals surface area contributed by atoms with Gasteiger partial charge in [0.15, 0.2) is 0 Å². The Balaban J connectivity index is -0.000000708. The number of carbonyl (C=O) groups is 8. The van der Waals surface area contributed by atoms with Crippen molar-refractivity contribution in [2.24, 2.45) is 0 Å². The molecule has 0 rings (SSSR count). The van der Waals surface area contributed by atoms with Crippen molar-refractivity contribution < 1.29 is 78.5 Å². The standard InChI is InChI=1S/2C25H30O4.2C24H28O4/c2*1-20(12-8-14-22(3)16-18-24(26)27)10-6-7-11-21(2)13-9-15-23(4)17-19-25(28)29-5;2*1-19(11-7-13-21(3)15-17-23(25)26)9-5-6-10-20(2)12-8-14-22(4)16-18-24(27)28/h2*6-19H,1-5H3,(H,26,27);2*5-18H,1-4H3,(H,25,26)(H,27,28)/b7-6+,12-8+,13-9+,18-16+,19-17+,20-10+,21-11+,22-14+,23-15+;7-6+,12-8+,13-9+,18-16+,19-17+,20-10+,21-11+,22-14+,23-15-;6-5+,11-7+,12-8+,17-15+,18-16+,19-9+,20-10+,21-13+,22-14+;6-5+,11-7+,12-8+,17-15+,18-16+,19-9+,20-10+,21-13-,22-14+. The topological polar surface area (TPSA) is 276 Å². The molecule has 0 aliphatic heterocycles. The van der Waals surface area contributed by atoms with Crippen molar-refractivity contribution in [2.75, 3.05) is 14.2 Å². The quantitative estimate of drug-likeness (QED) is 0.0189. The molecule has 0 amide bonds. The number of hydrogen-bond donors (Lipinski definition) is 6. The number of esters is 2. The van der Waals surface area contributed by atoms with Crippen LogP contribution in [0, 0.1) is 0 Å². The highest BCUT2D eigenvalue weighted by Crippen LogP contribution is 2.09. The molecule has 0 aromatic heterocycles. The highest BCUT2D eigenvalue weighted by Gasteiger charge is 1.95. The van der Waals surface area contributed by atoms with E-state index in [1.165, 1.54) is 26.4 Å². The van der Waals surface area contributed by atoms with Crippen molar-refractivity contribution in [3.63, 3.8) is 0 Å². The Morgan fingerprint density at radius 2 is 0.246 bits per heavy atom. The number of ether oxygens (including phenoxy) is 2. The zero-order valence-electron chi connectivity index (χ0n) is 69.1. The Kier molecular flexibility index (Phi) is 66.5. The fraction of sp³-hybridized carbons (Fsp3) is 0.184. The summed E-state index contributed by atoms with van der Waals surface area (Å²) in [5, 5.41) is 51.4. The van der Waals surface area contributed by atoms with Crippen LogP contribution >= 0.6 is 0 Å². The van der Waals surface area contributed by atoms with Crippen molar-refractivity contribution in [2.45, 2.75) is 111 Å². The zero-order chi connectivity index (χ0) is 86.9. The van der Waals surface area contributed by atoms with E-state index in [0.29, 0.717) is 0 Å². The summed E-state index contributed by atoms with van der Waals surface area (Å²) in [6.07, 6.45) is 99.3. The van der Waals surface area contributed by atoms with Crippen molar-refractivity contribution in [1.82, 2.24) is 0 Å². The third-order valence-electron chi connectivity index (χ3n) is 13.4. The highest BCUT2D eigenvalue weighted by atomic mass is 16.5. The lowest BCUT2D eigenvalue weighted by Gasteiger charge is -1.91. The number of rotatable bonds is 40. The Morgan fingerprint density at radius 1 is 0.149 bits per heavy atom. The van der Waals surface area contributed by atoms with Crippen LogP contribution < -0.4 is 0 Å². The van der Waals surface area contributed by atoms with Gasteiger partial charge in [-0.15, -0.1) is 0 Å². The zero-order valence-corrected chi connectivity index (χ0v) is 69.1. The van der Waals surface area contributed by atoms with Gasteiger partial charge >= 0.3 is 47.8 Å². The molecule has 604 valence electrons. The lowest BCUT2D eigenvalue weighted by Crippen LogP contribution is -1.93. The fourth-order valence-corrected chi connectivity index (χ4v) is 7.11. The van der Waals surface area contributed by atoms with Gasteiger partial charge in [0.05, 0.1) is 14.2 Å². The second-order valence-corrected chi connectivity index (χ2v) is 24.7. The first kappa shape index (κ1) is 107. The maximum absolute atomic E-state index is 11.0. The van der Waals surface area contributed by atoms with Crippen molar-refractivity contribution >= 4 is 47.8 Å². The van der Waals surface area contributed by atoms with Crippen LogP contribution in [0.1, 0.15) is 111 Å². The minimum absolute atomic E-state index is 0.373. The van der Waals surface area contributed by atoms with E-state index in [-0.39, 0.29) is 11.9 Å². The smallest absolute Gasteiger partial charge is 0.330 e. The van der Waals surface area contributed by atoms with Crippen LogP contribution in [-0.4, -0.2) is 92.6 Å². The number of hydrogen-bond acceptors (Lipinski definition) is 10. The summed E-state index contributed by atoms with van der Waals surface area (Å²) >= 11 is 0. The van der Waals surface area contributed by atoms with Gasteiger partial charge in [0.1, 0.15) is 0 Å². The largest absolute Gasteiger partial charge is 0.478 e. The molecule has 16 heteroatoms. The minimum Gasteiger partial charge on any atom is -0.478 e. The van der Waals surface area contributed by atoms with Gasteiger partial charge in [0.2, 0.25) is 0 Å². The lowest BCUT2D eigenvalue weighted by molar-refractivity contribution is -0.135. The molecule has 0 atom stereocenters. The van der Waals surface area contributed by atoms with Crippen LogP contribution in [0.4, 0.5) is 0 Å². The van der Waals surface area contributed by atoms with Gasteiger partial charge in [-0.2, -0.15) is 0 Å². The Morgan fingerprint density at radius 3 is 0.351 bits per heavy atom. The Labute approximate surface area is 677 Å². The highest BCUT2D eigenvalue weighted by molar-refractivity contribution is 5.84. The number of carboxylic acids is 6. The van der Waals surface area contributed by atoms with Crippen LogP contribution in [0.15, 0.2) is 429 Å². The van der Waals surface area contributed by atoms with Gasteiger partial charge in [0.25, 0.3) is 0 Å². The van der Waals surface area contributed by atoms with E-state index >= 15 is 0 Å². The van der Waals surface area contributed by atoms with Gasteiger partial charge in [-0.1, -0.05) is 381 Å². The average Bonchev–Trinajstić information content (AvgIpc) is 0.940. The molecule has 0 saturated heterocycles. The number of methoxy groups -OCH3 is 2. The first-order chi connectivity index (χ1) is 53.9. The summed E-state index contributed by atoms with van der Waals surface area (Å²) < 4.78 is 9.09. The summed E-state index contributed by atoms with van der Waals surface area (Å²) in [6, 6.07) is 0. The number of aliphatic carboxylic acids is 6. The van der Waals surface area contributed by atoms with Crippen LogP contribution in [-0.2, 0) is 47.8 Å². The molecule has 0 fully saturated rings. The third-order valence-corrected chi connectivity index (χ3v) is 13.4. The van der Waals surface area contributed by atoms with Crippen molar-refractivity contribution in [3.05, 3.63) is 429 Å². The molecule has 16 nitrogen and oxygen atoms in total. The van der Waals surface area contributed by atoms with E-state index in [2.05, 4.69) is 9.47 Å². The van der Waals surface area contributed by atoms with E-state index in [1.54, 1.807) is 48.6 Å². The predicted octanol–water partition coefficient (Wildman–Crippen LogP) is 23.1. The van der Waals surface area contributed by atoms with Gasteiger partial charge in [-0.25, -0.2) is 38.4 Å².